The van der Waals surface area contributed by atoms with Crippen LogP contribution in [0.25, 0.3) is 11.0 Å². The molecule has 3 heterocycles. The van der Waals surface area contributed by atoms with Crippen molar-refractivity contribution < 1.29 is 9.53 Å². The SMILES string of the molecule is COc1ccccc1C(=O)N1CCN(c2ncnc3c2cnn3C)CC1. The maximum Gasteiger partial charge on any atom is 0.257 e. The predicted molar refractivity (Wildman–Crippen MR) is 97.4 cm³/mol. The fourth-order valence-corrected chi connectivity index (χ4v) is 3.31. The van der Waals surface area contributed by atoms with Crippen LogP contribution in [0.4, 0.5) is 5.82 Å². The Bertz CT molecular complexity index is 946. The van der Waals surface area contributed by atoms with E-state index in [1.165, 1.54) is 0 Å². The summed E-state index contributed by atoms with van der Waals surface area (Å²) < 4.78 is 7.05. The Morgan fingerprint density at radius 1 is 1.12 bits per heavy atom. The summed E-state index contributed by atoms with van der Waals surface area (Å²) in [6, 6.07) is 7.33. The van der Waals surface area contributed by atoms with Crippen molar-refractivity contribution in [2.45, 2.75) is 0 Å². The predicted octanol–water partition coefficient (Wildman–Crippen LogP) is 1.33. The van der Waals surface area contributed by atoms with Crippen LogP contribution in [0.5, 0.6) is 5.75 Å². The molecule has 8 nitrogen and oxygen atoms in total. The zero-order chi connectivity index (χ0) is 18.1. The lowest BCUT2D eigenvalue weighted by Crippen LogP contribution is -2.49. The molecule has 3 aromatic rings. The maximum atomic E-state index is 12.8. The minimum atomic E-state index is -0.00341. The number of aromatic nitrogens is 4. The van der Waals surface area contributed by atoms with Crippen molar-refractivity contribution >= 4 is 22.8 Å². The molecule has 0 aliphatic carbocycles. The Morgan fingerprint density at radius 3 is 2.65 bits per heavy atom. The Kier molecular flexibility index (Phi) is 4.16. The lowest BCUT2D eigenvalue weighted by Gasteiger charge is -2.35. The van der Waals surface area contributed by atoms with Crippen LogP contribution in [-0.4, -0.2) is 63.8 Å². The van der Waals surface area contributed by atoms with Gasteiger partial charge in [0.2, 0.25) is 0 Å². The number of carbonyl (C=O) groups is 1. The second-order valence-corrected chi connectivity index (χ2v) is 6.18. The molecule has 26 heavy (non-hydrogen) atoms. The van der Waals surface area contributed by atoms with Crippen LogP contribution in [-0.2, 0) is 7.05 Å². The van der Waals surface area contributed by atoms with Gasteiger partial charge in [0, 0.05) is 33.2 Å². The second-order valence-electron chi connectivity index (χ2n) is 6.18. The highest BCUT2D eigenvalue weighted by Crippen LogP contribution is 2.24. The quantitative estimate of drug-likeness (QED) is 0.708. The standard InChI is InChI=1S/C18H20N6O2/c1-22-16-14(11-21-22)17(20-12-19-16)23-7-9-24(10-8-23)18(25)13-5-3-4-6-15(13)26-2/h3-6,11-12H,7-10H2,1-2H3. The van der Waals surface area contributed by atoms with E-state index in [2.05, 4.69) is 20.0 Å². The van der Waals surface area contributed by atoms with Crippen molar-refractivity contribution in [1.29, 1.82) is 0 Å². The fourth-order valence-electron chi connectivity index (χ4n) is 3.31. The first kappa shape index (κ1) is 16.3. The number of ether oxygens (including phenoxy) is 1. The van der Waals surface area contributed by atoms with Crippen LogP contribution >= 0.6 is 0 Å². The first-order valence-electron chi connectivity index (χ1n) is 8.49. The number of fused-ring (bicyclic) bond motifs is 1. The normalized spacial score (nSPS) is 14.7. The Balaban J connectivity index is 1.51. The van der Waals surface area contributed by atoms with Crippen molar-refractivity contribution in [3.05, 3.63) is 42.4 Å². The van der Waals surface area contributed by atoms with E-state index < -0.39 is 0 Å². The monoisotopic (exact) mass is 352 g/mol. The highest BCUT2D eigenvalue weighted by atomic mass is 16.5. The van der Waals surface area contributed by atoms with E-state index in [4.69, 9.17) is 4.74 Å². The number of benzene rings is 1. The molecule has 8 heteroatoms. The highest BCUT2D eigenvalue weighted by Gasteiger charge is 2.25. The molecule has 0 spiro atoms. The summed E-state index contributed by atoms with van der Waals surface area (Å²) in [5.74, 6) is 1.47. The number of piperazine rings is 1. The number of para-hydroxylation sites is 1. The summed E-state index contributed by atoms with van der Waals surface area (Å²) in [6.07, 6.45) is 3.35. The molecule has 4 rings (SSSR count). The topological polar surface area (TPSA) is 76.4 Å². The summed E-state index contributed by atoms with van der Waals surface area (Å²) in [5, 5.41) is 5.19. The van der Waals surface area contributed by atoms with Gasteiger partial charge in [0.15, 0.2) is 5.65 Å². The van der Waals surface area contributed by atoms with Gasteiger partial charge in [-0.3, -0.25) is 9.48 Å². The lowest BCUT2D eigenvalue weighted by molar-refractivity contribution is 0.0743. The van der Waals surface area contributed by atoms with Gasteiger partial charge in [-0.25, -0.2) is 9.97 Å². The Labute approximate surface area is 151 Å². The lowest BCUT2D eigenvalue weighted by atomic mass is 10.1. The number of carbonyl (C=O) groups excluding carboxylic acids is 1. The number of anilines is 1. The Morgan fingerprint density at radius 2 is 1.88 bits per heavy atom. The molecule has 1 saturated heterocycles. The molecule has 2 aromatic heterocycles. The van der Waals surface area contributed by atoms with Gasteiger partial charge in [-0.2, -0.15) is 5.10 Å². The number of amides is 1. The minimum Gasteiger partial charge on any atom is -0.496 e. The zero-order valence-corrected chi connectivity index (χ0v) is 14.8. The molecule has 0 unspecified atom stereocenters. The first-order valence-corrected chi connectivity index (χ1v) is 8.49. The molecule has 0 atom stereocenters. The van der Waals surface area contributed by atoms with Crippen molar-refractivity contribution in [3.63, 3.8) is 0 Å². The van der Waals surface area contributed by atoms with Gasteiger partial charge in [-0.15, -0.1) is 0 Å². The minimum absolute atomic E-state index is 0.00341. The number of nitrogens with zero attached hydrogens (tertiary/aromatic N) is 6. The van der Waals surface area contributed by atoms with Gasteiger partial charge in [0.1, 0.15) is 17.9 Å². The molecule has 0 radical (unpaired) electrons. The van der Waals surface area contributed by atoms with Crippen molar-refractivity contribution in [3.8, 4) is 5.75 Å². The summed E-state index contributed by atoms with van der Waals surface area (Å²) >= 11 is 0. The van der Waals surface area contributed by atoms with E-state index in [0.29, 0.717) is 37.5 Å². The number of aryl methyl sites for hydroxylation is 1. The van der Waals surface area contributed by atoms with E-state index in [9.17, 15) is 4.79 Å². The van der Waals surface area contributed by atoms with Gasteiger partial charge < -0.3 is 14.5 Å². The number of hydrogen-bond donors (Lipinski definition) is 0. The molecule has 1 aliphatic rings. The van der Waals surface area contributed by atoms with Crippen molar-refractivity contribution in [1.82, 2.24) is 24.6 Å². The van der Waals surface area contributed by atoms with Crippen LogP contribution in [0.1, 0.15) is 10.4 Å². The van der Waals surface area contributed by atoms with Crippen LogP contribution in [0.3, 0.4) is 0 Å². The summed E-state index contributed by atoms with van der Waals surface area (Å²) in [4.78, 5) is 25.6. The molecular formula is C18H20N6O2. The molecule has 1 amide bonds. The third-order valence-electron chi connectivity index (χ3n) is 4.71. The van der Waals surface area contributed by atoms with Crippen LogP contribution in [0, 0.1) is 0 Å². The van der Waals surface area contributed by atoms with Gasteiger partial charge in [0.25, 0.3) is 5.91 Å². The fraction of sp³-hybridized carbons (Fsp3) is 0.333. The highest BCUT2D eigenvalue weighted by molar-refractivity contribution is 5.97. The van der Waals surface area contributed by atoms with Crippen molar-refractivity contribution in [2.24, 2.45) is 7.05 Å². The maximum absolute atomic E-state index is 12.8. The van der Waals surface area contributed by atoms with E-state index in [-0.39, 0.29) is 5.91 Å². The average Bonchev–Trinajstić information content (AvgIpc) is 3.09. The summed E-state index contributed by atoms with van der Waals surface area (Å²) in [5.41, 5.74) is 1.41. The number of rotatable bonds is 3. The molecule has 0 bridgehead atoms. The molecule has 1 fully saturated rings. The smallest absolute Gasteiger partial charge is 0.257 e. The van der Waals surface area contributed by atoms with Crippen LogP contribution < -0.4 is 9.64 Å². The number of methoxy groups -OCH3 is 1. The molecule has 0 N–H and O–H groups in total. The van der Waals surface area contributed by atoms with Gasteiger partial charge in [-0.1, -0.05) is 12.1 Å². The summed E-state index contributed by atoms with van der Waals surface area (Å²) in [6.45, 7) is 2.68. The average molecular weight is 352 g/mol. The van der Waals surface area contributed by atoms with E-state index >= 15 is 0 Å². The van der Waals surface area contributed by atoms with Gasteiger partial charge >= 0.3 is 0 Å². The Hall–Kier alpha value is -3.16. The molecule has 1 aliphatic heterocycles. The van der Waals surface area contributed by atoms with Gasteiger partial charge in [0.05, 0.1) is 24.3 Å². The zero-order valence-electron chi connectivity index (χ0n) is 14.8. The molecular weight excluding hydrogens is 332 g/mol. The summed E-state index contributed by atoms with van der Waals surface area (Å²) in [7, 11) is 3.45. The third-order valence-corrected chi connectivity index (χ3v) is 4.71. The number of hydrogen-bond acceptors (Lipinski definition) is 6. The van der Waals surface area contributed by atoms with Crippen LogP contribution in [0.2, 0.25) is 0 Å². The second kappa shape index (κ2) is 6.62. The van der Waals surface area contributed by atoms with Gasteiger partial charge in [-0.05, 0) is 12.1 Å². The third kappa shape index (κ3) is 2.73. The molecule has 134 valence electrons. The molecule has 1 aromatic carbocycles. The first-order chi connectivity index (χ1) is 12.7. The van der Waals surface area contributed by atoms with E-state index in [1.54, 1.807) is 30.4 Å². The largest absolute Gasteiger partial charge is 0.496 e. The molecule has 0 saturated carbocycles. The van der Waals surface area contributed by atoms with E-state index in [1.807, 2.05) is 30.1 Å². The van der Waals surface area contributed by atoms with Crippen molar-refractivity contribution in [2.75, 3.05) is 38.2 Å². The van der Waals surface area contributed by atoms with Crippen LogP contribution in [0.15, 0.2) is 36.8 Å². The van der Waals surface area contributed by atoms with E-state index in [0.717, 1.165) is 16.9 Å².